The molecule has 0 radical (unpaired) electrons. The zero-order valence-electron chi connectivity index (χ0n) is 11.1. The molecule has 0 saturated heterocycles. The number of halogens is 1. The molecule has 0 spiro atoms. The number of benzene rings is 1. The van der Waals surface area contributed by atoms with Gasteiger partial charge in [-0.1, -0.05) is 37.3 Å². The van der Waals surface area contributed by atoms with E-state index in [1.807, 2.05) is 0 Å². The standard InChI is InChI=1S/C15H19BrN2S/c1-2-18(11-12-6-4-3-5-7-12)13(10-17)14-8-9-15(16)19-14/h3-9,13H,2,10-11,17H2,1H3. The molecule has 4 heteroatoms. The van der Waals surface area contributed by atoms with Crippen molar-refractivity contribution in [3.05, 3.63) is 56.7 Å². The highest BCUT2D eigenvalue weighted by atomic mass is 79.9. The van der Waals surface area contributed by atoms with E-state index in [1.54, 1.807) is 11.3 Å². The minimum absolute atomic E-state index is 0.293. The first-order chi connectivity index (χ1) is 9.24. The van der Waals surface area contributed by atoms with Crippen LogP contribution < -0.4 is 5.73 Å². The van der Waals surface area contributed by atoms with E-state index >= 15 is 0 Å². The molecule has 19 heavy (non-hydrogen) atoms. The van der Waals surface area contributed by atoms with Gasteiger partial charge in [0.15, 0.2) is 0 Å². The zero-order chi connectivity index (χ0) is 13.7. The Balaban J connectivity index is 2.15. The summed E-state index contributed by atoms with van der Waals surface area (Å²) in [5, 5.41) is 0. The molecule has 2 rings (SSSR count). The van der Waals surface area contributed by atoms with E-state index in [-0.39, 0.29) is 0 Å². The minimum Gasteiger partial charge on any atom is -0.329 e. The van der Waals surface area contributed by atoms with Gasteiger partial charge in [0.1, 0.15) is 0 Å². The lowest BCUT2D eigenvalue weighted by Gasteiger charge is -2.29. The maximum atomic E-state index is 5.99. The number of hydrogen-bond acceptors (Lipinski definition) is 3. The molecule has 2 nitrogen and oxygen atoms in total. The molecule has 2 aromatic rings. The Morgan fingerprint density at radius 1 is 1.21 bits per heavy atom. The average Bonchev–Trinajstić information content (AvgIpc) is 2.86. The van der Waals surface area contributed by atoms with Crippen molar-refractivity contribution in [1.29, 1.82) is 0 Å². The average molecular weight is 339 g/mol. The van der Waals surface area contributed by atoms with Gasteiger partial charge in [-0.2, -0.15) is 0 Å². The third-order valence-electron chi connectivity index (χ3n) is 3.22. The van der Waals surface area contributed by atoms with E-state index in [0.29, 0.717) is 12.6 Å². The van der Waals surface area contributed by atoms with Crippen LogP contribution in [-0.4, -0.2) is 18.0 Å². The topological polar surface area (TPSA) is 29.3 Å². The number of thiophene rings is 1. The fourth-order valence-corrected chi connectivity index (χ4v) is 3.78. The van der Waals surface area contributed by atoms with Gasteiger partial charge in [-0.05, 0) is 40.2 Å². The Bertz CT molecular complexity index is 498. The normalized spacial score (nSPS) is 12.8. The summed E-state index contributed by atoms with van der Waals surface area (Å²) in [6.45, 7) is 4.77. The van der Waals surface area contributed by atoms with E-state index in [4.69, 9.17) is 5.73 Å². The summed E-state index contributed by atoms with van der Waals surface area (Å²) >= 11 is 5.30. The monoisotopic (exact) mass is 338 g/mol. The summed E-state index contributed by atoms with van der Waals surface area (Å²) in [6.07, 6.45) is 0. The lowest BCUT2D eigenvalue weighted by atomic mass is 10.1. The van der Waals surface area contributed by atoms with E-state index in [0.717, 1.165) is 16.9 Å². The van der Waals surface area contributed by atoms with Crippen molar-refractivity contribution >= 4 is 27.3 Å². The Morgan fingerprint density at radius 3 is 2.47 bits per heavy atom. The predicted molar refractivity (Wildman–Crippen MR) is 86.3 cm³/mol. The van der Waals surface area contributed by atoms with Gasteiger partial charge in [0.05, 0.1) is 9.83 Å². The maximum absolute atomic E-state index is 5.99. The summed E-state index contributed by atoms with van der Waals surface area (Å²) in [5.74, 6) is 0. The molecular formula is C15H19BrN2S. The molecule has 1 aromatic heterocycles. The third kappa shape index (κ3) is 3.89. The molecule has 0 amide bonds. The van der Waals surface area contributed by atoms with Crippen molar-refractivity contribution in [2.75, 3.05) is 13.1 Å². The summed E-state index contributed by atoms with van der Waals surface area (Å²) in [4.78, 5) is 3.75. The number of rotatable bonds is 6. The molecule has 102 valence electrons. The van der Waals surface area contributed by atoms with Crippen LogP contribution in [0.3, 0.4) is 0 Å². The van der Waals surface area contributed by atoms with E-state index in [1.165, 1.54) is 10.4 Å². The van der Waals surface area contributed by atoms with Crippen LogP contribution in [0.15, 0.2) is 46.3 Å². The third-order valence-corrected chi connectivity index (χ3v) is 4.95. The molecule has 0 aliphatic rings. The van der Waals surface area contributed by atoms with Crippen molar-refractivity contribution in [3.8, 4) is 0 Å². The van der Waals surface area contributed by atoms with Gasteiger partial charge in [-0.15, -0.1) is 11.3 Å². The number of nitrogens with zero attached hydrogens (tertiary/aromatic N) is 1. The zero-order valence-corrected chi connectivity index (χ0v) is 13.5. The smallest absolute Gasteiger partial charge is 0.0702 e. The molecule has 1 heterocycles. The first-order valence-electron chi connectivity index (χ1n) is 6.48. The molecule has 1 unspecified atom stereocenters. The molecule has 1 aromatic carbocycles. The van der Waals surface area contributed by atoms with Crippen LogP contribution in [0.1, 0.15) is 23.4 Å². The van der Waals surface area contributed by atoms with Gasteiger partial charge in [0.2, 0.25) is 0 Å². The van der Waals surface area contributed by atoms with Crippen molar-refractivity contribution < 1.29 is 0 Å². The van der Waals surface area contributed by atoms with Crippen LogP contribution in [0.25, 0.3) is 0 Å². The molecule has 1 atom stereocenters. The molecular weight excluding hydrogens is 320 g/mol. The lowest BCUT2D eigenvalue weighted by Crippen LogP contribution is -2.32. The number of hydrogen-bond donors (Lipinski definition) is 1. The van der Waals surface area contributed by atoms with Gasteiger partial charge in [-0.3, -0.25) is 4.90 Å². The largest absolute Gasteiger partial charge is 0.329 e. The van der Waals surface area contributed by atoms with Crippen LogP contribution in [0.4, 0.5) is 0 Å². The van der Waals surface area contributed by atoms with Gasteiger partial charge >= 0.3 is 0 Å². The van der Waals surface area contributed by atoms with Crippen LogP contribution in [0.2, 0.25) is 0 Å². The Morgan fingerprint density at radius 2 is 1.95 bits per heavy atom. The quantitative estimate of drug-likeness (QED) is 0.861. The van der Waals surface area contributed by atoms with E-state index in [2.05, 4.69) is 70.2 Å². The van der Waals surface area contributed by atoms with Gasteiger partial charge < -0.3 is 5.73 Å². The highest BCUT2D eigenvalue weighted by Crippen LogP contribution is 2.30. The second-order valence-electron chi connectivity index (χ2n) is 4.44. The number of nitrogens with two attached hydrogens (primary N) is 1. The highest BCUT2D eigenvalue weighted by Gasteiger charge is 2.19. The first kappa shape index (κ1) is 14.7. The van der Waals surface area contributed by atoms with Crippen molar-refractivity contribution in [3.63, 3.8) is 0 Å². The fourth-order valence-electron chi connectivity index (χ4n) is 2.21. The molecule has 0 bridgehead atoms. The molecule has 0 aliphatic carbocycles. The first-order valence-corrected chi connectivity index (χ1v) is 8.08. The van der Waals surface area contributed by atoms with Gasteiger partial charge in [0.25, 0.3) is 0 Å². The maximum Gasteiger partial charge on any atom is 0.0702 e. The molecule has 0 saturated carbocycles. The van der Waals surface area contributed by atoms with Crippen LogP contribution in [-0.2, 0) is 6.54 Å². The fraction of sp³-hybridized carbons (Fsp3) is 0.333. The van der Waals surface area contributed by atoms with Crippen molar-refractivity contribution in [1.82, 2.24) is 4.90 Å². The summed E-state index contributed by atoms with van der Waals surface area (Å²) in [7, 11) is 0. The molecule has 2 N–H and O–H groups in total. The SMILES string of the molecule is CCN(Cc1ccccc1)C(CN)c1ccc(Br)s1. The minimum atomic E-state index is 0.293. The second kappa shape index (κ2) is 7.20. The van der Waals surface area contributed by atoms with E-state index < -0.39 is 0 Å². The van der Waals surface area contributed by atoms with Gasteiger partial charge in [-0.25, -0.2) is 0 Å². The van der Waals surface area contributed by atoms with Crippen LogP contribution in [0.5, 0.6) is 0 Å². The Labute approximate surface area is 127 Å². The predicted octanol–water partition coefficient (Wildman–Crippen LogP) is 4.03. The van der Waals surface area contributed by atoms with Crippen molar-refractivity contribution in [2.45, 2.75) is 19.5 Å². The summed E-state index contributed by atoms with van der Waals surface area (Å²) in [6, 6.07) is 15.1. The summed E-state index contributed by atoms with van der Waals surface area (Å²) in [5.41, 5.74) is 7.33. The van der Waals surface area contributed by atoms with Crippen molar-refractivity contribution in [2.24, 2.45) is 5.73 Å². The lowest BCUT2D eigenvalue weighted by molar-refractivity contribution is 0.206. The molecule has 0 aliphatic heterocycles. The van der Waals surface area contributed by atoms with Gasteiger partial charge in [0, 0.05) is 18.0 Å². The van der Waals surface area contributed by atoms with E-state index in [9.17, 15) is 0 Å². The second-order valence-corrected chi connectivity index (χ2v) is 6.94. The summed E-state index contributed by atoms with van der Waals surface area (Å²) < 4.78 is 1.16. The van der Waals surface area contributed by atoms with Crippen LogP contribution in [0, 0.1) is 0 Å². The Hall–Kier alpha value is -0.680. The highest BCUT2D eigenvalue weighted by molar-refractivity contribution is 9.11. The van der Waals surface area contributed by atoms with Crippen LogP contribution >= 0.6 is 27.3 Å². The molecule has 0 fully saturated rings. The Kier molecular flexibility index (Phi) is 5.58. The number of likely N-dealkylation sites (N-methyl/N-ethyl adjacent to an activating group) is 1.